The minimum atomic E-state index is -0.909. The Morgan fingerprint density at radius 3 is 2.79 bits per heavy atom. The average molecular weight is 413 g/mol. The number of aliphatic hydroxyl groups is 1. The predicted molar refractivity (Wildman–Crippen MR) is 113 cm³/mol. The molecule has 0 bridgehead atoms. The van der Waals surface area contributed by atoms with Crippen molar-refractivity contribution in [3.05, 3.63) is 34.9 Å². The van der Waals surface area contributed by atoms with Gasteiger partial charge in [0.05, 0.1) is 31.5 Å². The molecule has 2 atom stereocenters. The number of nitrogens with zero attached hydrogens (tertiary/aromatic N) is 2. The third-order valence-corrected chi connectivity index (χ3v) is 4.78. The molecule has 2 unspecified atom stereocenters. The molecule has 28 heavy (non-hydrogen) atoms. The van der Waals surface area contributed by atoms with Gasteiger partial charge >= 0.3 is 0 Å². The van der Waals surface area contributed by atoms with E-state index in [-0.39, 0.29) is 6.10 Å². The van der Waals surface area contributed by atoms with Gasteiger partial charge in [0.2, 0.25) is 0 Å². The smallest absolute Gasteiger partial charge is 0.191 e. The highest BCUT2D eigenvalue weighted by Gasteiger charge is 2.25. The van der Waals surface area contributed by atoms with Crippen LogP contribution in [-0.2, 0) is 9.47 Å². The van der Waals surface area contributed by atoms with Gasteiger partial charge in [0.15, 0.2) is 5.96 Å². The number of aliphatic imine (C=N–C) groups is 1. The Bertz CT molecular complexity index is 621. The molecule has 1 aromatic rings. The summed E-state index contributed by atoms with van der Waals surface area (Å²) in [5, 5.41) is 17.9. The van der Waals surface area contributed by atoms with Crippen molar-refractivity contribution in [3.8, 4) is 0 Å². The van der Waals surface area contributed by atoms with Crippen LogP contribution in [0.15, 0.2) is 29.3 Å². The number of nitrogens with one attached hydrogen (secondary N) is 2. The van der Waals surface area contributed by atoms with E-state index < -0.39 is 5.60 Å². The molecule has 1 aliphatic heterocycles. The Kier molecular flexibility index (Phi) is 9.47. The fourth-order valence-electron chi connectivity index (χ4n) is 3.12. The van der Waals surface area contributed by atoms with E-state index in [0.717, 1.165) is 25.2 Å². The molecule has 8 heteroatoms. The molecule has 0 spiro atoms. The number of rotatable bonds is 9. The molecule has 0 radical (unpaired) electrons. The highest BCUT2D eigenvalue weighted by molar-refractivity contribution is 6.30. The van der Waals surface area contributed by atoms with Crippen molar-refractivity contribution in [3.63, 3.8) is 0 Å². The normalized spacial score (nSPS) is 19.1. The van der Waals surface area contributed by atoms with E-state index in [0.29, 0.717) is 43.8 Å². The summed E-state index contributed by atoms with van der Waals surface area (Å²) < 4.78 is 11.0. The van der Waals surface area contributed by atoms with Crippen molar-refractivity contribution in [2.45, 2.75) is 25.6 Å². The van der Waals surface area contributed by atoms with E-state index in [4.69, 9.17) is 21.1 Å². The molecular weight excluding hydrogens is 380 g/mol. The number of hydrogen-bond acceptors (Lipinski definition) is 5. The van der Waals surface area contributed by atoms with Crippen molar-refractivity contribution in [2.24, 2.45) is 4.99 Å². The monoisotopic (exact) mass is 412 g/mol. The van der Waals surface area contributed by atoms with Crippen molar-refractivity contribution in [1.29, 1.82) is 0 Å². The minimum absolute atomic E-state index is 0.156. The molecule has 0 aromatic heterocycles. The maximum absolute atomic E-state index is 10.7. The number of hydrogen-bond donors (Lipinski definition) is 3. The molecule has 1 fully saturated rings. The Labute approximate surface area is 173 Å². The Balaban J connectivity index is 1.92. The predicted octanol–water partition coefficient (Wildman–Crippen LogP) is 1.67. The summed E-state index contributed by atoms with van der Waals surface area (Å²) in [5.74, 6) is 0.647. The number of morpholine rings is 1. The van der Waals surface area contributed by atoms with Crippen LogP contribution in [0.2, 0.25) is 5.02 Å². The van der Waals surface area contributed by atoms with Crippen LogP contribution in [0.25, 0.3) is 0 Å². The van der Waals surface area contributed by atoms with Crippen LogP contribution >= 0.6 is 11.6 Å². The van der Waals surface area contributed by atoms with Gasteiger partial charge in [-0.05, 0) is 31.5 Å². The number of guanidine groups is 1. The third kappa shape index (κ3) is 7.93. The van der Waals surface area contributed by atoms with Crippen LogP contribution in [0.4, 0.5) is 0 Å². The summed E-state index contributed by atoms with van der Waals surface area (Å²) in [6.45, 7) is 9.07. The van der Waals surface area contributed by atoms with E-state index in [1.807, 2.05) is 38.1 Å². The number of halogens is 1. The van der Waals surface area contributed by atoms with Crippen LogP contribution in [0, 0.1) is 0 Å². The number of benzene rings is 1. The summed E-state index contributed by atoms with van der Waals surface area (Å²) in [7, 11) is 1.67. The van der Waals surface area contributed by atoms with Gasteiger partial charge in [-0.1, -0.05) is 23.7 Å². The van der Waals surface area contributed by atoms with Crippen molar-refractivity contribution in [1.82, 2.24) is 15.5 Å². The molecule has 0 saturated carbocycles. The number of β-amino-alcohol motifs (C(OH)–C–C–N with tert-alkyl or cyclic N) is 1. The van der Waals surface area contributed by atoms with Crippen LogP contribution < -0.4 is 10.6 Å². The van der Waals surface area contributed by atoms with Gasteiger partial charge in [-0.25, -0.2) is 0 Å². The van der Waals surface area contributed by atoms with Gasteiger partial charge in [0.25, 0.3) is 0 Å². The zero-order valence-corrected chi connectivity index (χ0v) is 17.8. The first kappa shape index (κ1) is 22.9. The summed E-state index contributed by atoms with van der Waals surface area (Å²) in [6, 6.07) is 7.63. The van der Waals surface area contributed by atoms with Crippen molar-refractivity contribution < 1.29 is 14.6 Å². The van der Waals surface area contributed by atoms with Gasteiger partial charge < -0.3 is 25.2 Å². The largest absolute Gasteiger partial charge is 0.387 e. The fourth-order valence-corrected chi connectivity index (χ4v) is 3.31. The molecule has 3 N–H and O–H groups in total. The van der Waals surface area contributed by atoms with E-state index in [9.17, 15) is 5.11 Å². The molecule has 1 heterocycles. The highest BCUT2D eigenvalue weighted by atomic mass is 35.5. The SMILES string of the molecule is CCNC(=NCC(C)(O)CN1CCOCC1)NCC(OC)c1cccc(Cl)c1. The first-order valence-corrected chi connectivity index (χ1v) is 10.1. The third-order valence-electron chi connectivity index (χ3n) is 4.55. The van der Waals surface area contributed by atoms with Crippen LogP contribution in [-0.4, -0.2) is 81.2 Å². The summed E-state index contributed by atoms with van der Waals surface area (Å²) in [6.07, 6.45) is -0.156. The standard InChI is InChI=1S/C20H33ClN4O3/c1-4-22-19(23-13-18(27-3)16-6-5-7-17(21)12-16)24-14-20(2,26)15-25-8-10-28-11-9-25/h5-7,12,18,26H,4,8-11,13-15H2,1-3H3,(H2,22,23,24). The van der Waals surface area contributed by atoms with Gasteiger partial charge in [-0.3, -0.25) is 9.89 Å². The topological polar surface area (TPSA) is 78.4 Å². The van der Waals surface area contributed by atoms with Gasteiger partial charge in [0, 0.05) is 44.9 Å². The zero-order valence-electron chi connectivity index (χ0n) is 17.1. The lowest BCUT2D eigenvalue weighted by atomic mass is 10.1. The summed E-state index contributed by atoms with van der Waals surface area (Å²) in [5.41, 5.74) is 0.0884. The maximum Gasteiger partial charge on any atom is 0.191 e. The first-order chi connectivity index (χ1) is 13.4. The number of methoxy groups -OCH3 is 1. The van der Waals surface area contributed by atoms with E-state index in [1.54, 1.807) is 7.11 Å². The second-order valence-electron chi connectivity index (χ2n) is 7.24. The Morgan fingerprint density at radius 2 is 2.14 bits per heavy atom. The Hall–Kier alpha value is -1.38. The first-order valence-electron chi connectivity index (χ1n) is 9.76. The van der Waals surface area contributed by atoms with E-state index >= 15 is 0 Å². The summed E-state index contributed by atoms with van der Waals surface area (Å²) >= 11 is 6.09. The molecule has 1 aliphatic rings. The highest BCUT2D eigenvalue weighted by Crippen LogP contribution is 2.19. The lowest BCUT2D eigenvalue weighted by Gasteiger charge is -2.33. The van der Waals surface area contributed by atoms with Crippen molar-refractivity contribution >= 4 is 17.6 Å². The summed E-state index contributed by atoms with van der Waals surface area (Å²) in [4.78, 5) is 6.78. The fraction of sp³-hybridized carbons (Fsp3) is 0.650. The molecule has 2 rings (SSSR count). The molecule has 1 aromatic carbocycles. The van der Waals surface area contributed by atoms with Crippen LogP contribution in [0.3, 0.4) is 0 Å². The van der Waals surface area contributed by atoms with E-state index in [1.165, 1.54) is 0 Å². The molecule has 7 nitrogen and oxygen atoms in total. The molecule has 0 amide bonds. The molecule has 158 valence electrons. The lowest BCUT2D eigenvalue weighted by Crippen LogP contribution is -2.48. The quantitative estimate of drug-likeness (QED) is 0.423. The second kappa shape index (κ2) is 11.6. The van der Waals surface area contributed by atoms with Gasteiger partial charge in [-0.15, -0.1) is 0 Å². The van der Waals surface area contributed by atoms with Crippen molar-refractivity contribution in [2.75, 3.05) is 59.6 Å². The van der Waals surface area contributed by atoms with Crippen LogP contribution in [0.1, 0.15) is 25.5 Å². The van der Waals surface area contributed by atoms with Gasteiger partial charge in [0.1, 0.15) is 0 Å². The lowest BCUT2D eigenvalue weighted by molar-refractivity contribution is -0.0180. The molecule has 0 aliphatic carbocycles. The minimum Gasteiger partial charge on any atom is -0.387 e. The average Bonchev–Trinajstić information content (AvgIpc) is 2.67. The molecular formula is C20H33ClN4O3. The van der Waals surface area contributed by atoms with E-state index in [2.05, 4.69) is 20.5 Å². The molecule has 1 saturated heterocycles. The maximum atomic E-state index is 10.7. The second-order valence-corrected chi connectivity index (χ2v) is 7.68. The van der Waals surface area contributed by atoms with Crippen LogP contribution in [0.5, 0.6) is 0 Å². The zero-order chi connectivity index (χ0) is 20.4. The number of ether oxygens (including phenoxy) is 2. The Morgan fingerprint density at radius 1 is 1.39 bits per heavy atom. The van der Waals surface area contributed by atoms with Gasteiger partial charge in [-0.2, -0.15) is 0 Å².